The summed E-state index contributed by atoms with van der Waals surface area (Å²) in [4.78, 5) is 83.4. The highest BCUT2D eigenvalue weighted by molar-refractivity contribution is 7.13. The number of nitrogens with zero attached hydrogens (tertiary/aromatic N) is 10. The van der Waals surface area contributed by atoms with Crippen LogP contribution < -0.4 is 26.4 Å². The molecule has 0 spiro atoms. The van der Waals surface area contributed by atoms with Crippen molar-refractivity contribution in [2.24, 2.45) is 17.3 Å². The number of piperidine rings is 1. The summed E-state index contributed by atoms with van der Waals surface area (Å²) in [6, 6.07) is 20.5. The lowest BCUT2D eigenvalue weighted by molar-refractivity contribution is -0.144. The molecular weight excluding hydrogens is 1040 g/mol. The number of hydrogen-bond acceptors (Lipinski definition) is 15. The molecule has 6 aromatic rings. The third kappa shape index (κ3) is 13.1. The molecule has 0 bridgehead atoms. The number of aliphatic hydroxyl groups excluding tert-OH is 1. The van der Waals surface area contributed by atoms with E-state index < -0.39 is 29.2 Å². The van der Waals surface area contributed by atoms with Gasteiger partial charge in [-0.3, -0.25) is 29.0 Å². The van der Waals surface area contributed by atoms with Gasteiger partial charge in [-0.15, -0.1) is 17.9 Å². The molecule has 10 rings (SSSR count). The van der Waals surface area contributed by atoms with Crippen molar-refractivity contribution in [3.63, 3.8) is 0 Å². The van der Waals surface area contributed by atoms with Gasteiger partial charge in [0.1, 0.15) is 23.1 Å². The van der Waals surface area contributed by atoms with Gasteiger partial charge in [-0.05, 0) is 137 Å². The van der Waals surface area contributed by atoms with Gasteiger partial charge in [-0.2, -0.15) is 4.98 Å². The van der Waals surface area contributed by atoms with Crippen LogP contribution in [0.3, 0.4) is 0 Å². The highest BCUT2D eigenvalue weighted by atomic mass is 32.1. The summed E-state index contributed by atoms with van der Waals surface area (Å²) in [6.07, 6.45) is 9.47. The van der Waals surface area contributed by atoms with Gasteiger partial charge < -0.3 is 36.0 Å². The summed E-state index contributed by atoms with van der Waals surface area (Å²) in [6.45, 7) is 21.3. The number of piperazine rings is 1. The number of anilines is 3. The Kier molecular flexibility index (Phi) is 17.2. The number of rotatable bonds is 17. The van der Waals surface area contributed by atoms with Crippen LogP contribution in [0, 0.1) is 24.2 Å². The SMILES string of the molecule is C=CCn1c(=O)c2cnc(Nc3ccc(N4CCN(C5CCC(C6CCN(CC(=O)N[C@H](C(=O)N7CC(O)CC7C(=O)NCc7ccc(-c8scnc8C)cc7)C(C)(C)C)CC6)CC5)CC4)cc3)nc2n1-c1cccc(C(C)(C)O)n1. The maximum Gasteiger partial charge on any atom is 0.278 e. The van der Waals surface area contributed by atoms with E-state index in [1.165, 1.54) is 41.5 Å². The molecule has 1 saturated carbocycles. The van der Waals surface area contributed by atoms with Crippen molar-refractivity contribution in [1.29, 1.82) is 0 Å². The Bertz CT molecular complexity index is 3250. The maximum atomic E-state index is 14.3. The van der Waals surface area contributed by atoms with Crippen molar-refractivity contribution < 1.29 is 24.6 Å². The Morgan fingerprint density at radius 3 is 2.22 bits per heavy atom. The van der Waals surface area contributed by atoms with E-state index in [-0.39, 0.29) is 55.9 Å². The first kappa shape index (κ1) is 57.4. The lowest BCUT2D eigenvalue weighted by Crippen LogP contribution is -2.59. The molecule has 4 aliphatic rings. The molecule has 20 heteroatoms. The summed E-state index contributed by atoms with van der Waals surface area (Å²) in [7, 11) is 0. The zero-order valence-corrected chi connectivity index (χ0v) is 48.5. The van der Waals surface area contributed by atoms with E-state index in [1.807, 2.05) is 69.6 Å². The molecule has 19 nitrogen and oxygen atoms in total. The van der Waals surface area contributed by atoms with Crippen molar-refractivity contribution >= 4 is 57.4 Å². The quantitative estimate of drug-likeness (QED) is 0.0596. The Hall–Kier alpha value is -6.84. The van der Waals surface area contributed by atoms with E-state index in [2.05, 4.69) is 64.3 Å². The van der Waals surface area contributed by atoms with E-state index in [4.69, 9.17) is 4.98 Å². The topological polar surface area (TPSA) is 219 Å². The van der Waals surface area contributed by atoms with Gasteiger partial charge in [-0.1, -0.05) is 57.2 Å². The van der Waals surface area contributed by atoms with Gasteiger partial charge in [0.2, 0.25) is 23.7 Å². The molecule has 81 heavy (non-hydrogen) atoms. The average Bonchev–Trinajstić information content (AvgIpc) is 4.01. The summed E-state index contributed by atoms with van der Waals surface area (Å²) < 4.78 is 3.17. The number of aromatic nitrogens is 6. The van der Waals surface area contributed by atoms with Crippen molar-refractivity contribution in [3.05, 3.63) is 118 Å². The number of benzene rings is 2. The van der Waals surface area contributed by atoms with Crippen LogP contribution in [0.25, 0.3) is 27.3 Å². The lowest BCUT2D eigenvalue weighted by atomic mass is 9.74. The highest BCUT2D eigenvalue weighted by Crippen LogP contribution is 2.38. The Morgan fingerprint density at radius 2 is 1.57 bits per heavy atom. The fraction of sp³-hybridized carbons (Fsp3) is 0.508. The monoisotopic (exact) mass is 1120 g/mol. The number of carbonyl (C=O) groups excluding carboxylic acids is 3. The van der Waals surface area contributed by atoms with Crippen LogP contribution in [-0.4, -0.2) is 149 Å². The van der Waals surface area contributed by atoms with Gasteiger partial charge in [0.25, 0.3) is 5.56 Å². The van der Waals surface area contributed by atoms with Crippen LogP contribution in [0.1, 0.15) is 96.5 Å². The number of allylic oxidation sites excluding steroid dienone is 1. The highest BCUT2D eigenvalue weighted by Gasteiger charge is 2.45. The molecule has 3 amide bonds. The van der Waals surface area contributed by atoms with Crippen LogP contribution in [0.2, 0.25) is 0 Å². The number of carbonyl (C=O) groups is 3. The molecule has 3 saturated heterocycles. The van der Waals surface area contributed by atoms with Gasteiger partial charge in [0, 0.05) is 69.3 Å². The number of likely N-dealkylation sites (tertiary alicyclic amines) is 2. The lowest BCUT2D eigenvalue weighted by Gasteiger charge is -2.44. The molecule has 0 radical (unpaired) electrons. The standard InChI is InChI=1S/C61H79N13O6S/c1-8-26-73-57(78)48-35-63-59(68-55(48)74(73)51-11-9-10-50(66-51)61(6,7)80)65-44-18-22-46(23-19-44)71-31-29-70(30-32-71)45-20-16-41(17-21-45)42-24-27-69(28-25-42)37-52(76)67-54(60(3,4)5)58(79)72-36-47(75)33-49(72)56(77)62-34-40-12-14-43(15-13-40)53-39(2)64-38-81-53/h8-15,18-19,22-23,35,38,41-42,45,47,49,54,75,80H,1,16-17,20-21,24-34,36-37H2,2-7H3,(H,62,77)(H,67,76)(H,63,65,68)/t41?,45?,47?,49?,54-/m1/s1. The molecule has 4 fully saturated rings. The summed E-state index contributed by atoms with van der Waals surface area (Å²) in [5.74, 6) is 1.24. The average molecular weight is 1120 g/mol. The van der Waals surface area contributed by atoms with Gasteiger partial charge in [-0.25, -0.2) is 24.3 Å². The Morgan fingerprint density at radius 1 is 0.864 bits per heavy atom. The smallest absolute Gasteiger partial charge is 0.278 e. The largest absolute Gasteiger partial charge is 0.391 e. The minimum atomic E-state index is -1.18. The third-order valence-corrected chi connectivity index (χ3v) is 18.0. The fourth-order valence-corrected chi connectivity index (χ4v) is 13.2. The summed E-state index contributed by atoms with van der Waals surface area (Å²) in [5.41, 5.74) is 5.56. The summed E-state index contributed by atoms with van der Waals surface area (Å²) in [5, 5.41) is 31.1. The maximum absolute atomic E-state index is 14.3. The number of pyridine rings is 1. The predicted octanol–water partition coefficient (Wildman–Crippen LogP) is 6.77. The van der Waals surface area contributed by atoms with E-state index in [0.717, 1.165) is 85.2 Å². The zero-order valence-electron chi connectivity index (χ0n) is 47.7. The molecule has 4 aromatic heterocycles. The number of hydrogen-bond donors (Lipinski definition) is 5. The Balaban J connectivity index is 0.656. The first-order valence-corrected chi connectivity index (χ1v) is 29.6. The van der Waals surface area contributed by atoms with Gasteiger partial charge >= 0.3 is 0 Å². The molecule has 1 aliphatic carbocycles. The number of thiazole rings is 1. The van der Waals surface area contributed by atoms with E-state index in [1.54, 1.807) is 54.1 Å². The van der Waals surface area contributed by atoms with Gasteiger partial charge in [0.15, 0.2) is 11.5 Å². The zero-order chi connectivity index (χ0) is 57.2. The van der Waals surface area contributed by atoms with Crippen LogP contribution >= 0.6 is 11.3 Å². The Labute approximate surface area is 478 Å². The van der Waals surface area contributed by atoms with Crippen molar-refractivity contribution in [2.45, 2.75) is 129 Å². The minimum absolute atomic E-state index is 0.0333. The molecule has 2 aromatic carbocycles. The molecule has 7 heterocycles. The molecule has 2 unspecified atom stereocenters. The van der Waals surface area contributed by atoms with E-state index in [9.17, 15) is 29.4 Å². The molecular formula is C61H79N13O6S. The molecule has 5 N–H and O–H groups in total. The minimum Gasteiger partial charge on any atom is -0.391 e. The number of nitrogens with one attached hydrogen (secondary N) is 3. The van der Waals surface area contributed by atoms with Crippen molar-refractivity contribution in [1.82, 2.24) is 54.6 Å². The number of amides is 3. The second-order valence-corrected chi connectivity index (χ2v) is 25.0. The van der Waals surface area contributed by atoms with Crippen LogP contribution in [-0.2, 0) is 33.1 Å². The molecule has 3 aliphatic heterocycles. The van der Waals surface area contributed by atoms with Crippen LogP contribution in [0.15, 0.2) is 95.9 Å². The van der Waals surface area contributed by atoms with Gasteiger partial charge in [0.05, 0.1) is 41.0 Å². The molecule has 430 valence electrons. The number of aliphatic hydroxyl groups is 2. The van der Waals surface area contributed by atoms with Crippen LogP contribution in [0.5, 0.6) is 0 Å². The normalized spacial score (nSPS) is 21.0. The van der Waals surface area contributed by atoms with E-state index in [0.29, 0.717) is 46.4 Å². The first-order chi connectivity index (χ1) is 38.8. The predicted molar refractivity (Wildman–Crippen MR) is 316 cm³/mol. The van der Waals surface area contributed by atoms with Crippen LogP contribution in [0.4, 0.5) is 17.3 Å². The number of fused-ring (bicyclic) bond motifs is 1. The van der Waals surface area contributed by atoms with Crippen molar-refractivity contribution in [2.75, 3.05) is 62.6 Å². The number of aryl methyl sites for hydroxylation is 1. The second-order valence-electron chi connectivity index (χ2n) is 24.2. The summed E-state index contributed by atoms with van der Waals surface area (Å²) >= 11 is 1.59. The van der Waals surface area contributed by atoms with Crippen molar-refractivity contribution in [3.8, 4) is 16.3 Å². The van der Waals surface area contributed by atoms with E-state index >= 15 is 0 Å². The molecule has 3 atom stereocenters. The fourth-order valence-electron chi connectivity index (χ4n) is 12.4. The number of β-amino-alcohol motifs (C(OH)–C–C–N with tert-alkyl or cyclic N) is 1. The first-order valence-electron chi connectivity index (χ1n) is 28.7. The second kappa shape index (κ2) is 24.3. The third-order valence-electron chi connectivity index (χ3n) is 17.0.